The van der Waals surface area contributed by atoms with E-state index < -0.39 is 11.4 Å². The maximum atomic E-state index is 10.8. The number of hydrogen-bond donors (Lipinski definition) is 1. The molecule has 0 aromatic carbocycles. The topological polar surface area (TPSA) is 37.3 Å². The van der Waals surface area contributed by atoms with Crippen molar-refractivity contribution in [2.24, 2.45) is 5.41 Å². The third-order valence-corrected chi connectivity index (χ3v) is 3.18. The predicted octanol–water partition coefficient (Wildman–Crippen LogP) is 3.65. The van der Waals surface area contributed by atoms with Crippen LogP contribution in [0.3, 0.4) is 0 Å². The smallest absolute Gasteiger partial charge is 0.309 e. The van der Waals surface area contributed by atoms with Crippen LogP contribution in [0.4, 0.5) is 0 Å². The lowest BCUT2D eigenvalue weighted by molar-refractivity contribution is -0.147. The molecule has 1 aromatic rings. The van der Waals surface area contributed by atoms with Gasteiger partial charge in [0.2, 0.25) is 0 Å². The molecular formula is C12H16O2S. The van der Waals surface area contributed by atoms with E-state index >= 15 is 0 Å². The number of thiophene rings is 1. The van der Waals surface area contributed by atoms with Gasteiger partial charge in [-0.25, -0.2) is 0 Å². The van der Waals surface area contributed by atoms with Gasteiger partial charge in [0, 0.05) is 4.88 Å². The highest BCUT2D eigenvalue weighted by atomic mass is 32.1. The van der Waals surface area contributed by atoms with E-state index in [1.807, 2.05) is 29.7 Å². The predicted molar refractivity (Wildman–Crippen MR) is 64.0 cm³/mol. The maximum absolute atomic E-state index is 10.8. The van der Waals surface area contributed by atoms with Crippen LogP contribution in [0.15, 0.2) is 23.6 Å². The Morgan fingerprint density at radius 1 is 1.60 bits per heavy atom. The van der Waals surface area contributed by atoms with Crippen LogP contribution >= 0.6 is 11.3 Å². The number of allylic oxidation sites excluding steroid dienone is 1. The number of carbonyl (C=O) groups is 1. The van der Waals surface area contributed by atoms with Gasteiger partial charge in [0.1, 0.15) is 0 Å². The molecule has 0 amide bonds. The van der Waals surface area contributed by atoms with Gasteiger partial charge in [-0.3, -0.25) is 4.79 Å². The number of rotatable bonds is 5. The van der Waals surface area contributed by atoms with Gasteiger partial charge in [-0.15, -0.1) is 11.3 Å². The second-order valence-corrected chi connectivity index (χ2v) is 5.12. The normalized spacial score (nSPS) is 12.1. The van der Waals surface area contributed by atoms with Crippen LogP contribution in [0.25, 0.3) is 6.08 Å². The summed E-state index contributed by atoms with van der Waals surface area (Å²) in [6, 6.07) is 4.05. The molecule has 0 saturated heterocycles. The van der Waals surface area contributed by atoms with Gasteiger partial charge in [-0.2, -0.15) is 0 Å². The van der Waals surface area contributed by atoms with E-state index in [-0.39, 0.29) is 0 Å². The lowest BCUT2D eigenvalue weighted by Crippen LogP contribution is -2.22. The lowest BCUT2D eigenvalue weighted by atomic mass is 9.88. The van der Waals surface area contributed by atoms with Gasteiger partial charge >= 0.3 is 5.97 Å². The van der Waals surface area contributed by atoms with Crippen molar-refractivity contribution >= 4 is 23.4 Å². The van der Waals surface area contributed by atoms with E-state index in [0.29, 0.717) is 6.42 Å². The van der Waals surface area contributed by atoms with Gasteiger partial charge < -0.3 is 5.11 Å². The number of hydrogen-bond acceptors (Lipinski definition) is 2. The summed E-state index contributed by atoms with van der Waals surface area (Å²) in [4.78, 5) is 12.0. The molecule has 0 aliphatic rings. The number of aliphatic carboxylic acids is 1. The monoisotopic (exact) mass is 224 g/mol. The van der Waals surface area contributed by atoms with Crippen molar-refractivity contribution in [1.82, 2.24) is 0 Å². The Morgan fingerprint density at radius 3 is 2.87 bits per heavy atom. The van der Waals surface area contributed by atoms with Crippen molar-refractivity contribution in [3.8, 4) is 0 Å². The summed E-state index contributed by atoms with van der Waals surface area (Å²) in [5.41, 5.74) is -0.625. The largest absolute Gasteiger partial charge is 0.481 e. The molecule has 1 aromatic heterocycles. The molecule has 1 rings (SSSR count). The quantitative estimate of drug-likeness (QED) is 0.828. The molecule has 0 unspecified atom stereocenters. The molecule has 0 atom stereocenters. The van der Waals surface area contributed by atoms with E-state index in [0.717, 1.165) is 6.42 Å². The second kappa shape index (κ2) is 5.12. The fourth-order valence-electron chi connectivity index (χ4n) is 1.14. The Balaban J connectivity index is 2.36. The molecule has 0 aliphatic heterocycles. The Bertz CT molecular complexity index is 337. The van der Waals surface area contributed by atoms with Crippen molar-refractivity contribution in [3.63, 3.8) is 0 Å². The van der Waals surface area contributed by atoms with Crippen molar-refractivity contribution in [2.75, 3.05) is 0 Å². The zero-order valence-corrected chi connectivity index (χ0v) is 9.88. The molecule has 82 valence electrons. The summed E-state index contributed by atoms with van der Waals surface area (Å²) in [7, 11) is 0. The first kappa shape index (κ1) is 12.0. The first-order chi connectivity index (χ1) is 7.02. The van der Waals surface area contributed by atoms with E-state index in [1.165, 1.54) is 4.88 Å². The van der Waals surface area contributed by atoms with Crippen LogP contribution in [0.1, 0.15) is 31.6 Å². The second-order valence-electron chi connectivity index (χ2n) is 4.15. The molecule has 15 heavy (non-hydrogen) atoms. The van der Waals surface area contributed by atoms with Gasteiger partial charge in [0.15, 0.2) is 0 Å². The SMILES string of the molecule is CC(C)(CC/C=C/c1cccs1)C(=O)O. The first-order valence-corrected chi connectivity index (χ1v) is 5.84. The molecule has 1 N–H and O–H groups in total. The lowest BCUT2D eigenvalue weighted by Gasteiger charge is -2.17. The van der Waals surface area contributed by atoms with Crippen molar-refractivity contribution < 1.29 is 9.90 Å². The van der Waals surface area contributed by atoms with Gasteiger partial charge in [-0.05, 0) is 44.2 Å². The third kappa shape index (κ3) is 3.88. The van der Waals surface area contributed by atoms with E-state index in [9.17, 15) is 4.79 Å². The molecule has 3 heteroatoms. The molecule has 0 radical (unpaired) electrons. The van der Waals surface area contributed by atoms with Gasteiger partial charge in [-0.1, -0.05) is 12.1 Å². The van der Waals surface area contributed by atoms with Crippen LogP contribution in [0.2, 0.25) is 0 Å². The first-order valence-electron chi connectivity index (χ1n) is 4.96. The highest BCUT2D eigenvalue weighted by molar-refractivity contribution is 7.10. The average molecular weight is 224 g/mol. The number of carboxylic acid groups (broad SMARTS) is 1. The fourth-order valence-corrected chi connectivity index (χ4v) is 1.78. The summed E-state index contributed by atoms with van der Waals surface area (Å²) in [6.45, 7) is 3.52. The van der Waals surface area contributed by atoms with Crippen LogP contribution < -0.4 is 0 Å². The fraction of sp³-hybridized carbons (Fsp3) is 0.417. The maximum Gasteiger partial charge on any atom is 0.309 e. The third-order valence-electron chi connectivity index (χ3n) is 2.34. The highest BCUT2D eigenvalue weighted by Crippen LogP contribution is 2.23. The van der Waals surface area contributed by atoms with Crippen LogP contribution in [-0.2, 0) is 4.79 Å². The van der Waals surface area contributed by atoms with E-state index in [4.69, 9.17) is 5.11 Å². The molecule has 0 fully saturated rings. The average Bonchev–Trinajstić information content (AvgIpc) is 2.64. The van der Waals surface area contributed by atoms with E-state index in [1.54, 1.807) is 25.2 Å². The minimum Gasteiger partial charge on any atom is -0.481 e. The van der Waals surface area contributed by atoms with Crippen molar-refractivity contribution in [2.45, 2.75) is 26.7 Å². The van der Waals surface area contributed by atoms with Crippen molar-refractivity contribution in [3.05, 3.63) is 28.5 Å². The molecule has 1 heterocycles. The summed E-state index contributed by atoms with van der Waals surface area (Å²) in [5.74, 6) is -0.730. The zero-order chi connectivity index (χ0) is 11.3. The van der Waals surface area contributed by atoms with Crippen molar-refractivity contribution in [1.29, 1.82) is 0 Å². The van der Waals surface area contributed by atoms with Gasteiger partial charge in [0.05, 0.1) is 5.41 Å². The summed E-state index contributed by atoms with van der Waals surface area (Å²) >= 11 is 1.68. The van der Waals surface area contributed by atoms with Crippen LogP contribution in [0, 0.1) is 5.41 Å². The Hall–Kier alpha value is -1.09. The Kier molecular flexibility index (Phi) is 4.09. The standard InChI is InChI=1S/C12H16O2S/c1-12(2,11(13)14)8-4-3-6-10-7-5-9-15-10/h3,5-7,9H,4,8H2,1-2H3,(H,13,14)/b6-3+. The molecule has 2 nitrogen and oxygen atoms in total. The molecule has 0 spiro atoms. The Morgan fingerprint density at radius 2 is 2.33 bits per heavy atom. The zero-order valence-electron chi connectivity index (χ0n) is 9.06. The molecule has 0 aliphatic carbocycles. The summed E-state index contributed by atoms with van der Waals surface area (Å²) < 4.78 is 0. The minimum atomic E-state index is -0.730. The van der Waals surface area contributed by atoms with Crippen LogP contribution in [0.5, 0.6) is 0 Å². The summed E-state index contributed by atoms with van der Waals surface area (Å²) in [6.07, 6.45) is 5.56. The molecule has 0 saturated carbocycles. The molecular weight excluding hydrogens is 208 g/mol. The molecule has 0 bridgehead atoms. The van der Waals surface area contributed by atoms with E-state index in [2.05, 4.69) is 0 Å². The number of carboxylic acids is 1. The van der Waals surface area contributed by atoms with Gasteiger partial charge in [0.25, 0.3) is 0 Å². The minimum absolute atomic E-state index is 0.625. The summed E-state index contributed by atoms with van der Waals surface area (Å²) in [5, 5.41) is 10.9. The Labute approximate surface area is 94.3 Å². The van der Waals surface area contributed by atoms with Crippen LogP contribution in [-0.4, -0.2) is 11.1 Å². The highest BCUT2D eigenvalue weighted by Gasteiger charge is 2.25.